The Morgan fingerprint density at radius 3 is 2.41 bits per heavy atom. The smallest absolute Gasteiger partial charge is 0.313 e. The molecule has 29 heavy (non-hydrogen) atoms. The van der Waals surface area contributed by atoms with Crippen LogP contribution in [-0.4, -0.2) is 38.9 Å². The molecule has 2 aromatic rings. The fourth-order valence-corrected chi connectivity index (χ4v) is 6.03. The second kappa shape index (κ2) is 7.76. The number of piperidine rings is 1. The molecule has 0 bridgehead atoms. The van der Waals surface area contributed by atoms with Gasteiger partial charge in [0.2, 0.25) is 10.0 Å². The van der Waals surface area contributed by atoms with Crippen LogP contribution in [0.25, 0.3) is 5.57 Å². The molecule has 6 heteroatoms. The minimum atomic E-state index is -3.55. The van der Waals surface area contributed by atoms with Crippen LogP contribution in [-0.2, 0) is 19.6 Å². The number of hydrogen-bond acceptors (Lipinski definition) is 4. The molecular weight excluding hydrogens is 386 g/mol. The van der Waals surface area contributed by atoms with Crippen LogP contribution in [0.2, 0.25) is 0 Å². The first-order valence-corrected chi connectivity index (χ1v) is 11.3. The third kappa shape index (κ3) is 3.63. The van der Waals surface area contributed by atoms with Gasteiger partial charge in [0.05, 0.1) is 17.9 Å². The van der Waals surface area contributed by atoms with Crippen molar-refractivity contribution in [3.63, 3.8) is 0 Å². The van der Waals surface area contributed by atoms with Crippen LogP contribution in [0, 0.1) is 24.7 Å². The molecule has 1 fully saturated rings. The van der Waals surface area contributed by atoms with E-state index in [-0.39, 0.29) is 23.7 Å². The lowest BCUT2D eigenvalue weighted by Crippen LogP contribution is -2.44. The predicted molar refractivity (Wildman–Crippen MR) is 111 cm³/mol. The average Bonchev–Trinajstić information content (AvgIpc) is 3.13. The van der Waals surface area contributed by atoms with Crippen molar-refractivity contribution in [1.82, 2.24) is 4.31 Å². The van der Waals surface area contributed by atoms with Gasteiger partial charge in [-0.05, 0) is 48.4 Å². The molecule has 2 aliphatic rings. The first-order valence-electron chi connectivity index (χ1n) is 9.83. The summed E-state index contributed by atoms with van der Waals surface area (Å²) >= 11 is 0. The van der Waals surface area contributed by atoms with E-state index in [0.29, 0.717) is 24.4 Å². The van der Waals surface area contributed by atoms with Gasteiger partial charge in [0.15, 0.2) is 0 Å². The molecule has 0 radical (unpaired) electrons. The summed E-state index contributed by atoms with van der Waals surface area (Å²) in [5.41, 5.74) is 2.96. The monoisotopic (exact) mass is 411 g/mol. The maximum atomic E-state index is 13.1. The molecule has 0 saturated carbocycles. The number of fused-ring (bicyclic) bond motifs is 1. The van der Waals surface area contributed by atoms with Crippen LogP contribution < -0.4 is 0 Å². The molecule has 1 aliphatic carbocycles. The zero-order chi connectivity index (χ0) is 20.6. The number of benzene rings is 2. The molecule has 0 N–H and O–H groups in total. The van der Waals surface area contributed by atoms with Crippen molar-refractivity contribution in [2.24, 2.45) is 17.8 Å². The number of methoxy groups -OCH3 is 1. The highest BCUT2D eigenvalue weighted by molar-refractivity contribution is 7.89. The van der Waals surface area contributed by atoms with E-state index in [1.807, 2.05) is 49.4 Å². The van der Waals surface area contributed by atoms with Crippen LogP contribution in [0.1, 0.15) is 17.5 Å². The standard InChI is InChI=1S/C23H25NO4S/c1-16-8-10-19(11-9-16)29(26,27)24-13-12-20-18(15-24)14-21(22(20)23(25)28-2)17-6-4-3-5-7-17/h3-11,14,18,20,22H,12-13,15H2,1-2H3/t18-,20+,22+/m1/s1. The number of carbonyl (C=O) groups is 1. The lowest BCUT2D eigenvalue weighted by Gasteiger charge is -2.35. The molecule has 1 heterocycles. The van der Waals surface area contributed by atoms with Crippen LogP contribution in [0.5, 0.6) is 0 Å². The van der Waals surface area contributed by atoms with Gasteiger partial charge in [0.1, 0.15) is 0 Å². The first kappa shape index (κ1) is 19.9. The van der Waals surface area contributed by atoms with E-state index in [2.05, 4.69) is 6.08 Å². The Morgan fingerprint density at radius 1 is 1.07 bits per heavy atom. The maximum absolute atomic E-state index is 13.1. The molecular formula is C23H25NO4S. The van der Waals surface area contributed by atoms with Crippen molar-refractivity contribution >= 4 is 21.6 Å². The normalized spacial score (nSPS) is 24.6. The topological polar surface area (TPSA) is 63.7 Å². The minimum Gasteiger partial charge on any atom is -0.469 e. The average molecular weight is 412 g/mol. The van der Waals surface area contributed by atoms with Gasteiger partial charge in [-0.3, -0.25) is 4.79 Å². The molecule has 1 saturated heterocycles. The van der Waals surface area contributed by atoms with Crippen LogP contribution in [0.4, 0.5) is 0 Å². The largest absolute Gasteiger partial charge is 0.469 e. The molecule has 0 aromatic heterocycles. The van der Waals surface area contributed by atoms with E-state index in [4.69, 9.17) is 4.74 Å². The van der Waals surface area contributed by atoms with Crippen LogP contribution in [0.15, 0.2) is 65.6 Å². The number of esters is 1. The molecule has 152 valence electrons. The van der Waals surface area contributed by atoms with Gasteiger partial charge >= 0.3 is 5.97 Å². The number of nitrogens with zero attached hydrogens (tertiary/aromatic N) is 1. The SMILES string of the molecule is COC(=O)[C@@H]1C(c2ccccc2)=C[C@@H]2CN(S(=O)(=O)c3ccc(C)cc3)CC[C@H]12. The number of hydrogen-bond donors (Lipinski definition) is 0. The Kier molecular flexibility index (Phi) is 5.32. The number of rotatable bonds is 4. The predicted octanol–water partition coefficient (Wildman–Crippen LogP) is 3.51. The Labute approximate surface area is 172 Å². The number of ether oxygens (including phenoxy) is 1. The van der Waals surface area contributed by atoms with E-state index in [1.54, 1.807) is 16.4 Å². The molecule has 3 atom stereocenters. The lowest BCUT2D eigenvalue weighted by molar-refractivity contribution is -0.145. The Balaban J connectivity index is 1.64. The molecule has 0 spiro atoms. The molecule has 1 aliphatic heterocycles. The van der Waals surface area contributed by atoms with Gasteiger partial charge in [-0.2, -0.15) is 4.31 Å². The van der Waals surface area contributed by atoms with Crippen molar-refractivity contribution in [2.45, 2.75) is 18.2 Å². The van der Waals surface area contributed by atoms with Crippen molar-refractivity contribution in [3.8, 4) is 0 Å². The van der Waals surface area contributed by atoms with Gasteiger partial charge in [-0.1, -0.05) is 54.1 Å². The van der Waals surface area contributed by atoms with Crippen molar-refractivity contribution in [2.75, 3.05) is 20.2 Å². The number of aryl methyl sites for hydroxylation is 1. The number of sulfonamides is 1. The van der Waals surface area contributed by atoms with Gasteiger partial charge in [-0.15, -0.1) is 0 Å². The van der Waals surface area contributed by atoms with Gasteiger partial charge in [0, 0.05) is 13.1 Å². The Bertz CT molecular complexity index is 1030. The highest BCUT2D eigenvalue weighted by atomic mass is 32.2. The third-order valence-corrected chi connectivity index (χ3v) is 7.93. The summed E-state index contributed by atoms with van der Waals surface area (Å²) in [6, 6.07) is 16.8. The summed E-state index contributed by atoms with van der Waals surface area (Å²) in [6.45, 7) is 2.72. The van der Waals surface area contributed by atoms with Gasteiger partial charge < -0.3 is 4.74 Å². The van der Waals surface area contributed by atoms with Crippen molar-refractivity contribution < 1.29 is 17.9 Å². The minimum absolute atomic E-state index is 0.0109. The molecule has 4 rings (SSSR count). The fourth-order valence-electron chi connectivity index (χ4n) is 4.54. The quantitative estimate of drug-likeness (QED) is 0.723. The Morgan fingerprint density at radius 2 is 1.76 bits per heavy atom. The summed E-state index contributed by atoms with van der Waals surface area (Å²) in [4.78, 5) is 12.9. The zero-order valence-corrected chi connectivity index (χ0v) is 17.4. The summed E-state index contributed by atoms with van der Waals surface area (Å²) in [5.74, 6) is -0.551. The summed E-state index contributed by atoms with van der Waals surface area (Å²) < 4.78 is 32.9. The van der Waals surface area contributed by atoms with Crippen LogP contribution >= 0.6 is 0 Å². The maximum Gasteiger partial charge on any atom is 0.313 e. The lowest BCUT2D eigenvalue weighted by atomic mass is 9.80. The van der Waals surface area contributed by atoms with E-state index in [1.165, 1.54) is 7.11 Å². The molecule has 0 amide bonds. The van der Waals surface area contributed by atoms with E-state index >= 15 is 0 Å². The zero-order valence-electron chi connectivity index (χ0n) is 16.6. The van der Waals surface area contributed by atoms with E-state index < -0.39 is 10.0 Å². The molecule has 0 unspecified atom stereocenters. The fraction of sp³-hybridized carbons (Fsp3) is 0.348. The third-order valence-electron chi connectivity index (χ3n) is 6.05. The first-order chi connectivity index (χ1) is 13.9. The van der Waals surface area contributed by atoms with E-state index in [9.17, 15) is 13.2 Å². The highest BCUT2D eigenvalue weighted by Crippen LogP contribution is 2.46. The van der Waals surface area contributed by atoms with Crippen molar-refractivity contribution in [1.29, 1.82) is 0 Å². The van der Waals surface area contributed by atoms with Crippen LogP contribution in [0.3, 0.4) is 0 Å². The summed E-state index contributed by atoms with van der Waals surface area (Å²) in [6.07, 6.45) is 2.71. The summed E-state index contributed by atoms with van der Waals surface area (Å²) in [5, 5.41) is 0. The number of carbonyl (C=O) groups excluding carboxylic acids is 1. The highest BCUT2D eigenvalue weighted by Gasteiger charge is 2.46. The second-order valence-corrected chi connectivity index (χ2v) is 9.72. The Hall–Kier alpha value is -2.44. The van der Waals surface area contributed by atoms with E-state index in [0.717, 1.165) is 16.7 Å². The van der Waals surface area contributed by atoms with Gasteiger partial charge in [-0.25, -0.2) is 8.42 Å². The van der Waals surface area contributed by atoms with Crippen molar-refractivity contribution in [3.05, 3.63) is 71.8 Å². The van der Waals surface area contributed by atoms with Gasteiger partial charge in [0.25, 0.3) is 0 Å². The molecule has 5 nitrogen and oxygen atoms in total. The summed E-state index contributed by atoms with van der Waals surface area (Å²) in [7, 11) is -2.14. The molecule has 2 aromatic carbocycles. The second-order valence-electron chi connectivity index (χ2n) is 7.78.